The molecule has 0 spiro atoms. The lowest BCUT2D eigenvalue weighted by Crippen LogP contribution is -2.39. The predicted molar refractivity (Wildman–Crippen MR) is 37.6 cm³/mol. The van der Waals surface area contributed by atoms with Gasteiger partial charge in [-0.25, -0.2) is 8.78 Å². The minimum atomic E-state index is -2.37. The second-order valence-corrected chi connectivity index (χ2v) is 2.49. The molecule has 0 aliphatic carbocycles. The first-order valence-electron chi connectivity index (χ1n) is 2.98. The van der Waals surface area contributed by atoms with Gasteiger partial charge >= 0.3 is 0 Å². The molecule has 2 N–H and O–H groups in total. The van der Waals surface area contributed by atoms with Gasteiger partial charge in [-0.15, -0.1) is 0 Å². The molecule has 0 aliphatic rings. The fourth-order valence-corrected chi connectivity index (χ4v) is 0.680. The Kier molecular flexibility index (Phi) is 3.42. The quantitative estimate of drug-likeness (QED) is 0.600. The molecule has 60 valence electrons. The standard InChI is InChI=1S/C6H12F2N2/c1-6(9,4-10-2)3-5(7)8/h4-5H,3,9H2,1-2H3. The summed E-state index contributed by atoms with van der Waals surface area (Å²) < 4.78 is 23.4. The zero-order valence-corrected chi connectivity index (χ0v) is 6.14. The molecule has 10 heavy (non-hydrogen) atoms. The number of nitrogens with zero attached hydrogens (tertiary/aromatic N) is 1. The Morgan fingerprint density at radius 1 is 1.70 bits per heavy atom. The highest BCUT2D eigenvalue weighted by molar-refractivity contribution is 5.68. The van der Waals surface area contributed by atoms with Crippen molar-refractivity contribution in [1.82, 2.24) is 0 Å². The van der Waals surface area contributed by atoms with Gasteiger partial charge in [0.15, 0.2) is 0 Å². The van der Waals surface area contributed by atoms with E-state index in [9.17, 15) is 8.78 Å². The molecule has 0 bridgehead atoms. The zero-order valence-electron chi connectivity index (χ0n) is 6.14. The van der Waals surface area contributed by atoms with Gasteiger partial charge < -0.3 is 5.73 Å². The van der Waals surface area contributed by atoms with Gasteiger partial charge in [0.2, 0.25) is 6.43 Å². The maximum Gasteiger partial charge on any atom is 0.240 e. The summed E-state index contributed by atoms with van der Waals surface area (Å²) in [5.74, 6) is 0. The SMILES string of the molecule is CN=CC(C)(N)CC(F)F. The van der Waals surface area contributed by atoms with Gasteiger partial charge in [-0.05, 0) is 6.92 Å². The van der Waals surface area contributed by atoms with Crippen LogP contribution in [-0.2, 0) is 0 Å². The summed E-state index contributed by atoms with van der Waals surface area (Å²) in [7, 11) is 1.51. The molecule has 0 fully saturated rings. The lowest BCUT2D eigenvalue weighted by Gasteiger charge is -2.17. The molecular weight excluding hydrogens is 138 g/mol. The van der Waals surface area contributed by atoms with E-state index in [0.717, 1.165) is 0 Å². The Morgan fingerprint density at radius 2 is 2.20 bits per heavy atom. The third-order valence-corrected chi connectivity index (χ3v) is 1.02. The van der Waals surface area contributed by atoms with Gasteiger partial charge in [-0.2, -0.15) is 0 Å². The van der Waals surface area contributed by atoms with Crippen molar-refractivity contribution in [2.75, 3.05) is 7.05 Å². The molecule has 0 heterocycles. The average molecular weight is 150 g/mol. The van der Waals surface area contributed by atoms with Gasteiger partial charge in [-0.1, -0.05) is 0 Å². The van der Waals surface area contributed by atoms with Crippen LogP contribution in [0.1, 0.15) is 13.3 Å². The van der Waals surface area contributed by atoms with Crippen LogP contribution < -0.4 is 5.73 Å². The van der Waals surface area contributed by atoms with Crippen LogP contribution in [-0.4, -0.2) is 25.2 Å². The second kappa shape index (κ2) is 3.61. The Balaban J connectivity index is 3.86. The van der Waals surface area contributed by atoms with Crippen LogP contribution in [0.3, 0.4) is 0 Å². The molecule has 4 heteroatoms. The lowest BCUT2D eigenvalue weighted by molar-refractivity contribution is 0.123. The van der Waals surface area contributed by atoms with Crippen LogP contribution in [0.15, 0.2) is 4.99 Å². The lowest BCUT2D eigenvalue weighted by atomic mass is 10.0. The highest BCUT2D eigenvalue weighted by Crippen LogP contribution is 2.09. The normalized spacial score (nSPS) is 18.2. The molecular formula is C6H12F2N2. The van der Waals surface area contributed by atoms with E-state index in [4.69, 9.17) is 5.73 Å². The molecule has 0 radical (unpaired) electrons. The van der Waals surface area contributed by atoms with E-state index >= 15 is 0 Å². The minimum Gasteiger partial charge on any atom is -0.321 e. The molecule has 0 amide bonds. The van der Waals surface area contributed by atoms with E-state index in [2.05, 4.69) is 4.99 Å². The summed E-state index contributed by atoms with van der Waals surface area (Å²) in [6.07, 6.45) is -1.38. The van der Waals surface area contributed by atoms with Crippen molar-refractivity contribution in [3.8, 4) is 0 Å². The summed E-state index contributed by atoms with van der Waals surface area (Å²) in [4.78, 5) is 3.58. The van der Waals surface area contributed by atoms with Crippen LogP contribution in [0.5, 0.6) is 0 Å². The number of aliphatic imine (C=N–C) groups is 1. The van der Waals surface area contributed by atoms with E-state index in [-0.39, 0.29) is 6.42 Å². The summed E-state index contributed by atoms with van der Waals surface area (Å²) in [5.41, 5.74) is 4.43. The number of hydrogen-bond donors (Lipinski definition) is 1. The molecule has 1 unspecified atom stereocenters. The molecule has 0 aromatic rings. The molecule has 0 saturated carbocycles. The predicted octanol–water partition coefficient (Wildman–Crippen LogP) is 1.06. The molecule has 0 rings (SSSR count). The van der Waals surface area contributed by atoms with E-state index in [1.54, 1.807) is 0 Å². The largest absolute Gasteiger partial charge is 0.321 e. The van der Waals surface area contributed by atoms with Crippen molar-refractivity contribution >= 4 is 6.21 Å². The third-order valence-electron chi connectivity index (χ3n) is 1.02. The van der Waals surface area contributed by atoms with Gasteiger partial charge in [-0.3, -0.25) is 4.99 Å². The smallest absolute Gasteiger partial charge is 0.240 e. The van der Waals surface area contributed by atoms with E-state index in [1.807, 2.05) is 0 Å². The van der Waals surface area contributed by atoms with Crippen LogP contribution in [0.4, 0.5) is 8.78 Å². The molecule has 0 saturated heterocycles. The van der Waals surface area contributed by atoms with Crippen LogP contribution >= 0.6 is 0 Å². The van der Waals surface area contributed by atoms with Crippen molar-refractivity contribution in [2.24, 2.45) is 10.7 Å². The highest BCUT2D eigenvalue weighted by atomic mass is 19.3. The van der Waals surface area contributed by atoms with Gasteiger partial charge in [0.1, 0.15) is 0 Å². The fraction of sp³-hybridized carbons (Fsp3) is 0.833. The average Bonchev–Trinajstić information content (AvgIpc) is 1.59. The van der Waals surface area contributed by atoms with E-state index < -0.39 is 12.0 Å². The Labute approximate surface area is 59.1 Å². The van der Waals surface area contributed by atoms with Gasteiger partial charge in [0, 0.05) is 19.7 Å². The van der Waals surface area contributed by atoms with E-state index in [0.29, 0.717) is 0 Å². The van der Waals surface area contributed by atoms with Crippen molar-refractivity contribution in [1.29, 1.82) is 0 Å². The van der Waals surface area contributed by atoms with Crippen molar-refractivity contribution in [3.05, 3.63) is 0 Å². The number of nitrogens with two attached hydrogens (primary N) is 1. The summed E-state index contributed by atoms with van der Waals surface area (Å²) >= 11 is 0. The monoisotopic (exact) mass is 150 g/mol. The maximum atomic E-state index is 11.7. The molecule has 0 aromatic carbocycles. The number of hydrogen-bond acceptors (Lipinski definition) is 2. The van der Waals surface area contributed by atoms with Crippen molar-refractivity contribution < 1.29 is 8.78 Å². The molecule has 2 nitrogen and oxygen atoms in total. The minimum absolute atomic E-state index is 0.343. The van der Waals surface area contributed by atoms with Crippen LogP contribution in [0.25, 0.3) is 0 Å². The highest BCUT2D eigenvalue weighted by Gasteiger charge is 2.20. The van der Waals surface area contributed by atoms with Crippen molar-refractivity contribution in [2.45, 2.75) is 25.3 Å². The zero-order chi connectivity index (χ0) is 8.20. The first kappa shape index (κ1) is 9.49. The van der Waals surface area contributed by atoms with E-state index in [1.165, 1.54) is 20.2 Å². The maximum absolute atomic E-state index is 11.7. The number of alkyl halides is 2. The summed E-state index contributed by atoms with van der Waals surface area (Å²) in [5, 5.41) is 0. The Hall–Kier alpha value is -0.510. The summed E-state index contributed by atoms with van der Waals surface area (Å²) in [6.45, 7) is 1.52. The van der Waals surface area contributed by atoms with Crippen LogP contribution in [0, 0.1) is 0 Å². The molecule has 0 aromatic heterocycles. The van der Waals surface area contributed by atoms with Gasteiger partial charge in [0.25, 0.3) is 0 Å². The first-order valence-corrected chi connectivity index (χ1v) is 2.98. The molecule has 1 atom stereocenters. The fourth-order valence-electron chi connectivity index (χ4n) is 0.680. The topological polar surface area (TPSA) is 38.4 Å². The van der Waals surface area contributed by atoms with Crippen molar-refractivity contribution in [3.63, 3.8) is 0 Å². The first-order chi connectivity index (χ1) is 4.48. The second-order valence-electron chi connectivity index (χ2n) is 2.49. The number of halogens is 2. The Morgan fingerprint density at radius 3 is 2.50 bits per heavy atom. The molecule has 0 aliphatic heterocycles. The Bertz CT molecular complexity index is 121. The van der Waals surface area contributed by atoms with Gasteiger partial charge in [0.05, 0.1) is 5.54 Å². The number of rotatable bonds is 3. The summed E-state index contributed by atoms with van der Waals surface area (Å²) in [6, 6.07) is 0. The van der Waals surface area contributed by atoms with Crippen LogP contribution in [0.2, 0.25) is 0 Å². The third kappa shape index (κ3) is 4.38.